The summed E-state index contributed by atoms with van der Waals surface area (Å²) in [5.74, 6) is -0.317. The van der Waals surface area contributed by atoms with Gasteiger partial charge in [0.05, 0.1) is 23.0 Å². The monoisotopic (exact) mass is 453 g/mol. The lowest BCUT2D eigenvalue weighted by molar-refractivity contribution is -0.137. The molecular formula is C20H18F3N3O2S2. The van der Waals surface area contributed by atoms with Gasteiger partial charge in [0.15, 0.2) is 0 Å². The molecule has 2 aromatic heterocycles. The van der Waals surface area contributed by atoms with E-state index in [1.54, 1.807) is 11.4 Å². The number of nitrogens with zero attached hydrogens (tertiary/aromatic N) is 3. The van der Waals surface area contributed by atoms with Crippen LogP contribution in [0, 0.1) is 0 Å². The molecule has 0 fully saturated rings. The van der Waals surface area contributed by atoms with Crippen LogP contribution in [0.5, 0.6) is 0 Å². The molecule has 10 heteroatoms. The molecule has 1 unspecified atom stereocenters. The van der Waals surface area contributed by atoms with Gasteiger partial charge in [-0.15, -0.1) is 23.1 Å². The third-order valence-corrected chi connectivity index (χ3v) is 7.04. The van der Waals surface area contributed by atoms with Gasteiger partial charge in [0.25, 0.3) is 5.56 Å². The quantitative estimate of drug-likeness (QED) is 0.573. The van der Waals surface area contributed by atoms with Gasteiger partial charge in [0, 0.05) is 29.7 Å². The lowest BCUT2D eigenvalue weighted by Crippen LogP contribution is -2.34. The van der Waals surface area contributed by atoms with Crippen molar-refractivity contribution in [3.63, 3.8) is 0 Å². The van der Waals surface area contributed by atoms with Crippen LogP contribution in [-0.4, -0.2) is 27.3 Å². The first-order chi connectivity index (χ1) is 14.2. The van der Waals surface area contributed by atoms with E-state index in [1.807, 2.05) is 6.92 Å². The van der Waals surface area contributed by atoms with E-state index in [0.29, 0.717) is 28.1 Å². The van der Waals surface area contributed by atoms with Crippen LogP contribution in [0.2, 0.25) is 0 Å². The number of halogens is 3. The average Bonchev–Trinajstić information content (AvgIpc) is 3.10. The van der Waals surface area contributed by atoms with Crippen LogP contribution in [0.15, 0.2) is 45.7 Å². The normalized spacial score (nSPS) is 17.1. The number of anilines is 1. The van der Waals surface area contributed by atoms with E-state index in [2.05, 4.69) is 4.98 Å². The second-order valence-corrected chi connectivity index (χ2v) is 9.45. The third kappa shape index (κ3) is 4.11. The smallest absolute Gasteiger partial charge is 0.311 e. The molecule has 5 nitrogen and oxygen atoms in total. The van der Waals surface area contributed by atoms with Crippen LogP contribution >= 0.6 is 23.1 Å². The molecule has 0 aliphatic carbocycles. The minimum Gasteiger partial charge on any atom is -0.311 e. The molecule has 1 aliphatic heterocycles. The Hall–Kier alpha value is -2.33. The fourth-order valence-electron chi connectivity index (χ4n) is 3.37. The molecule has 0 spiro atoms. The Morgan fingerprint density at radius 3 is 2.87 bits per heavy atom. The lowest BCUT2D eigenvalue weighted by atomic mass is 10.1. The molecule has 0 N–H and O–H groups in total. The summed E-state index contributed by atoms with van der Waals surface area (Å²) in [6, 6.07) is 5.22. The maximum absolute atomic E-state index is 13.2. The zero-order valence-electron chi connectivity index (χ0n) is 16.0. The zero-order chi connectivity index (χ0) is 21.5. The van der Waals surface area contributed by atoms with E-state index in [-0.39, 0.29) is 35.4 Å². The first kappa shape index (κ1) is 20.9. The molecule has 1 amide bonds. The van der Waals surface area contributed by atoms with Crippen LogP contribution in [-0.2, 0) is 17.5 Å². The number of fused-ring (bicyclic) bond motifs is 2. The molecular weight excluding hydrogens is 435 g/mol. The average molecular weight is 454 g/mol. The molecule has 1 aliphatic rings. The molecule has 30 heavy (non-hydrogen) atoms. The van der Waals surface area contributed by atoms with Crippen molar-refractivity contribution < 1.29 is 18.0 Å². The lowest BCUT2D eigenvalue weighted by Gasteiger charge is -2.24. The Bertz CT molecular complexity index is 1160. The van der Waals surface area contributed by atoms with E-state index >= 15 is 0 Å². The number of hydrogen-bond acceptors (Lipinski definition) is 5. The molecule has 0 bridgehead atoms. The summed E-state index contributed by atoms with van der Waals surface area (Å²) in [5, 5.41) is 2.45. The van der Waals surface area contributed by atoms with Gasteiger partial charge < -0.3 is 4.90 Å². The Balaban J connectivity index is 1.60. The largest absolute Gasteiger partial charge is 0.416 e. The summed E-state index contributed by atoms with van der Waals surface area (Å²) in [6.45, 7) is 2.43. The number of amides is 1. The Morgan fingerprint density at radius 1 is 1.30 bits per heavy atom. The fourth-order valence-corrected chi connectivity index (χ4v) is 5.19. The molecule has 1 atom stereocenters. The number of thiophene rings is 1. The number of benzene rings is 1. The van der Waals surface area contributed by atoms with Crippen molar-refractivity contribution in [1.29, 1.82) is 0 Å². The zero-order valence-corrected chi connectivity index (χ0v) is 17.6. The summed E-state index contributed by atoms with van der Waals surface area (Å²) in [4.78, 5) is 32.4. The number of thioether (sulfide) groups is 1. The van der Waals surface area contributed by atoms with Gasteiger partial charge in [-0.2, -0.15) is 13.2 Å². The Morgan fingerprint density at radius 2 is 2.10 bits per heavy atom. The number of alkyl halides is 3. The number of carbonyl (C=O) groups is 1. The topological polar surface area (TPSA) is 55.2 Å². The van der Waals surface area contributed by atoms with Gasteiger partial charge >= 0.3 is 6.18 Å². The molecule has 0 saturated carbocycles. The van der Waals surface area contributed by atoms with Gasteiger partial charge in [0.2, 0.25) is 5.91 Å². The van der Waals surface area contributed by atoms with E-state index in [9.17, 15) is 22.8 Å². The molecule has 1 aromatic carbocycles. The second-order valence-electron chi connectivity index (χ2n) is 7.08. The van der Waals surface area contributed by atoms with E-state index in [1.165, 1.54) is 45.0 Å². The first-order valence-corrected chi connectivity index (χ1v) is 11.1. The number of rotatable bonds is 3. The minimum absolute atomic E-state index is 0.00797. The maximum atomic E-state index is 13.2. The number of hydrogen-bond donors (Lipinski definition) is 0. The summed E-state index contributed by atoms with van der Waals surface area (Å²) in [7, 11) is 0. The summed E-state index contributed by atoms with van der Waals surface area (Å²) in [5.41, 5.74) is -0.727. The molecule has 3 aromatic rings. The predicted molar refractivity (Wildman–Crippen MR) is 112 cm³/mol. The summed E-state index contributed by atoms with van der Waals surface area (Å²) in [6.07, 6.45) is -2.42. The van der Waals surface area contributed by atoms with Crippen LogP contribution in [0.3, 0.4) is 0 Å². The SMILES string of the molecule is CC1CCN(C(=O)CCn2cnc3sccc3c2=O)c2cc(C(F)(F)F)ccc2S1. The number of carbonyl (C=O) groups excluding carboxylic acids is 1. The standard InChI is InChI=1S/C20H18F3N3O2S2/c1-12-4-8-26(15-10-13(20(21,22)23)2-3-16(15)30-12)17(27)5-7-25-11-24-18-14(19(25)28)6-9-29-18/h2-3,6,9-12H,4-5,7-8H2,1H3. The van der Waals surface area contributed by atoms with Crippen molar-refractivity contribution in [2.75, 3.05) is 11.4 Å². The Labute approximate surface area is 178 Å². The molecule has 3 heterocycles. The van der Waals surface area contributed by atoms with Crippen molar-refractivity contribution in [2.45, 2.75) is 42.6 Å². The highest BCUT2D eigenvalue weighted by Gasteiger charge is 2.33. The van der Waals surface area contributed by atoms with Gasteiger partial charge in [0.1, 0.15) is 4.83 Å². The summed E-state index contributed by atoms with van der Waals surface area (Å²) < 4.78 is 41.0. The molecule has 0 saturated heterocycles. The fraction of sp³-hybridized carbons (Fsp3) is 0.350. The summed E-state index contributed by atoms with van der Waals surface area (Å²) >= 11 is 2.83. The highest BCUT2D eigenvalue weighted by molar-refractivity contribution is 8.00. The van der Waals surface area contributed by atoms with E-state index in [4.69, 9.17) is 0 Å². The number of aryl methyl sites for hydroxylation is 1. The molecule has 0 radical (unpaired) electrons. The highest BCUT2D eigenvalue weighted by atomic mass is 32.2. The van der Waals surface area contributed by atoms with Crippen LogP contribution in [0.25, 0.3) is 10.2 Å². The molecule has 158 valence electrons. The van der Waals surface area contributed by atoms with Crippen LogP contribution in [0.1, 0.15) is 25.3 Å². The van der Waals surface area contributed by atoms with Crippen molar-refractivity contribution in [3.8, 4) is 0 Å². The number of aromatic nitrogens is 2. The highest BCUT2D eigenvalue weighted by Crippen LogP contribution is 2.41. The van der Waals surface area contributed by atoms with Crippen molar-refractivity contribution >= 4 is 44.9 Å². The predicted octanol–water partition coefficient (Wildman–Crippen LogP) is 4.78. The maximum Gasteiger partial charge on any atom is 0.416 e. The van der Waals surface area contributed by atoms with Crippen LogP contribution in [0.4, 0.5) is 18.9 Å². The van der Waals surface area contributed by atoms with Crippen LogP contribution < -0.4 is 10.5 Å². The first-order valence-electron chi connectivity index (χ1n) is 9.35. The van der Waals surface area contributed by atoms with E-state index < -0.39 is 11.7 Å². The van der Waals surface area contributed by atoms with E-state index in [0.717, 1.165) is 12.1 Å². The second kappa shape index (κ2) is 8.07. The van der Waals surface area contributed by atoms with Crippen molar-refractivity contribution in [2.24, 2.45) is 0 Å². The van der Waals surface area contributed by atoms with Gasteiger partial charge in [-0.1, -0.05) is 6.92 Å². The van der Waals surface area contributed by atoms with Crippen molar-refractivity contribution in [3.05, 3.63) is 51.9 Å². The van der Waals surface area contributed by atoms with Gasteiger partial charge in [-0.05, 0) is 36.1 Å². The Kier molecular flexibility index (Phi) is 5.63. The van der Waals surface area contributed by atoms with Gasteiger partial charge in [-0.25, -0.2) is 4.98 Å². The van der Waals surface area contributed by atoms with Gasteiger partial charge in [-0.3, -0.25) is 14.2 Å². The molecule has 4 rings (SSSR count). The third-order valence-electron chi connectivity index (χ3n) is 4.98. The van der Waals surface area contributed by atoms with Crippen molar-refractivity contribution in [1.82, 2.24) is 9.55 Å². The minimum atomic E-state index is -4.48.